The van der Waals surface area contributed by atoms with Gasteiger partial charge >= 0.3 is 10.1 Å². The van der Waals surface area contributed by atoms with Gasteiger partial charge in [-0.25, -0.2) is 0 Å². The molecule has 0 fully saturated rings. The summed E-state index contributed by atoms with van der Waals surface area (Å²) in [6.07, 6.45) is 1.01. The number of benzene rings is 1. The Morgan fingerprint density at radius 3 is 2.45 bits per heavy atom. The number of nitro groups is 1. The van der Waals surface area contributed by atoms with Crippen LogP contribution in [0.25, 0.3) is 0 Å². The van der Waals surface area contributed by atoms with Crippen LogP contribution in [0.3, 0.4) is 0 Å². The lowest BCUT2D eigenvalue weighted by atomic mass is 10.2. The number of nitrogens with one attached hydrogen (secondary N) is 1. The Hall–Kier alpha value is -2.95. The molecule has 0 amide bonds. The van der Waals surface area contributed by atoms with Gasteiger partial charge in [-0.1, -0.05) is 0 Å². The summed E-state index contributed by atoms with van der Waals surface area (Å²) in [5.41, 5.74) is -1.03. The highest BCUT2D eigenvalue weighted by molar-refractivity contribution is 7.86. The minimum Gasteiger partial charge on any atom is -0.360 e. The van der Waals surface area contributed by atoms with Crippen LogP contribution in [-0.4, -0.2) is 17.9 Å². The molecule has 1 aromatic carbocycles. The molecule has 0 spiro atoms. The van der Waals surface area contributed by atoms with Crippen molar-refractivity contribution in [3.63, 3.8) is 0 Å². The van der Waals surface area contributed by atoms with Gasteiger partial charge < -0.3 is 5.32 Å². The van der Waals surface area contributed by atoms with E-state index in [9.17, 15) is 18.5 Å². The third-order valence-electron chi connectivity index (χ3n) is 2.06. The predicted molar refractivity (Wildman–Crippen MR) is 65.8 cm³/mol. The fraction of sp³-hybridized carbons (Fsp3) is 0. The number of anilines is 1. The van der Waals surface area contributed by atoms with E-state index in [1.807, 2.05) is 0 Å². The summed E-state index contributed by atoms with van der Waals surface area (Å²) in [7, 11) is -4.73. The third-order valence-corrected chi connectivity index (χ3v) is 2.96. The van der Waals surface area contributed by atoms with Gasteiger partial charge in [-0.05, 0) is 12.1 Å². The maximum absolute atomic E-state index is 11.0. The predicted octanol–water partition coefficient (Wildman–Crippen LogP) is 1.18. The number of hydrogen-bond acceptors (Lipinski definition) is 7. The zero-order valence-corrected chi connectivity index (χ0v) is 10.5. The summed E-state index contributed by atoms with van der Waals surface area (Å²) in [6, 6.07) is 5.95. The van der Waals surface area contributed by atoms with Crippen LogP contribution in [0, 0.1) is 32.8 Å². The number of allylic oxidation sites excluding steroid dienone is 1. The van der Waals surface area contributed by atoms with E-state index in [-0.39, 0.29) is 11.3 Å². The van der Waals surface area contributed by atoms with Crippen LogP contribution >= 0.6 is 0 Å². The first-order valence-corrected chi connectivity index (χ1v) is 6.26. The average molecular weight is 294 g/mol. The van der Waals surface area contributed by atoms with Crippen molar-refractivity contribution in [2.24, 2.45) is 0 Å². The van der Waals surface area contributed by atoms with Gasteiger partial charge in [0.25, 0.3) is 5.69 Å². The Morgan fingerprint density at radius 1 is 1.40 bits per heavy atom. The molecule has 20 heavy (non-hydrogen) atoms. The second-order valence-electron chi connectivity index (χ2n) is 3.34. The van der Waals surface area contributed by atoms with Gasteiger partial charge in [0.1, 0.15) is 17.7 Å². The Morgan fingerprint density at radius 2 is 2.00 bits per heavy atom. The van der Waals surface area contributed by atoms with E-state index in [2.05, 4.69) is 5.32 Å². The first kappa shape index (κ1) is 15.1. The lowest BCUT2D eigenvalue weighted by molar-refractivity contribution is -0.387. The largest absolute Gasteiger partial charge is 0.360 e. The highest BCUT2D eigenvalue weighted by Gasteiger charge is 2.24. The SMILES string of the molecule is N#CC(C#N)=CNc1ccc(S(=O)(=O)O)c([N+](=O)[O-])c1. The molecule has 0 aliphatic carbocycles. The van der Waals surface area contributed by atoms with Gasteiger partial charge in [0.2, 0.25) is 0 Å². The molecule has 0 saturated carbocycles. The summed E-state index contributed by atoms with van der Waals surface area (Å²) in [5.74, 6) is 0. The van der Waals surface area contributed by atoms with E-state index >= 15 is 0 Å². The van der Waals surface area contributed by atoms with Crippen molar-refractivity contribution < 1.29 is 17.9 Å². The van der Waals surface area contributed by atoms with Crippen LogP contribution in [-0.2, 0) is 10.1 Å². The molecule has 0 saturated heterocycles. The minimum atomic E-state index is -4.73. The van der Waals surface area contributed by atoms with E-state index < -0.39 is 25.6 Å². The molecule has 0 heterocycles. The van der Waals surface area contributed by atoms with E-state index in [0.29, 0.717) is 0 Å². The third kappa shape index (κ3) is 3.52. The highest BCUT2D eigenvalue weighted by Crippen LogP contribution is 2.27. The van der Waals surface area contributed by atoms with Gasteiger partial charge in [0.05, 0.1) is 4.92 Å². The molecule has 1 rings (SSSR count). The average Bonchev–Trinajstić information content (AvgIpc) is 2.38. The molecule has 0 aliphatic heterocycles. The molecule has 0 radical (unpaired) electrons. The van der Waals surface area contributed by atoms with Crippen molar-refractivity contribution in [3.8, 4) is 12.1 Å². The molecule has 102 valence electrons. The number of rotatable bonds is 4. The van der Waals surface area contributed by atoms with Crippen LogP contribution in [0.2, 0.25) is 0 Å². The molecule has 0 unspecified atom stereocenters. The fourth-order valence-electron chi connectivity index (χ4n) is 1.21. The van der Waals surface area contributed by atoms with Crippen molar-refractivity contribution >= 4 is 21.5 Å². The first-order valence-electron chi connectivity index (χ1n) is 4.82. The molecule has 10 heteroatoms. The fourth-order valence-corrected chi connectivity index (χ4v) is 1.85. The van der Waals surface area contributed by atoms with Crippen LogP contribution in [0.5, 0.6) is 0 Å². The van der Waals surface area contributed by atoms with Gasteiger partial charge in [0, 0.05) is 18.0 Å². The van der Waals surface area contributed by atoms with E-state index in [0.717, 1.165) is 24.4 Å². The van der Waals surface area contributed by atoms with Crippen LogP contribution in [0.1, 0.15) is 0 Å². The quantitative estimate of drug-likeness (QED) is 0.362. The maximum atomic E-state index is 11.0. The van der Waals surface area contributed by atoms with E-state index in [1.165, 1.54) is 0 Å². The Balaban J connectivity index is 3.27. The number of nitro benzene ring substituents is 1. The van der Waals surface area contributed by atoms with E-state index in [4.69, 9.17) is 15.1 Å². The summed E-state index contributed by atoms with van der Waals surface area (Å²) in [4.78, 5) is 8.93. The molecule has 1 aromatic rings. The first-order chi connectivity index (χ1) is 9.29. The second-order valence-corrected chi connectivity index (χ2v) is 4.73. The standard InChI is InChI=1S/C10H6N4O5S/c11-4-7(5-12)6-13-8-1-2-10(20(17,18)19)9(3-8)14(15)16/h1-3,6,13H,(H,17,18,19). The van der Waals surface area contributed by atoms with Crippen molar-refractivity contribution in [1.29, 1.82) is 10.5 Å². The summed E-state index contributed by atoms with van der Waals surface area (Å²) >= 11 is 0. The van der Waals surface area contributed by atoms with E-state index in [1.54, 1.807) is 12.1 Å². The molecule has 0 atom stereocenters. The van der Waals surface area contributed by atoms with Crippen molar-refractivity contribution in [1.82, 2.24) is 0 Å². The lowest BCUT2D eigenvalue weighted by Gasteiger charge is -2.03. The summed E-state index contributed by atoms with van der Waals surface area (Å²) in [6.45, 7) is 0. The Labute approximate surface area is 113 Å². The molecular formula is C10H6N4O5S. The molecule has 0 aliphatic rings. The lowest BCUT2D eigenvalue weighted by Crippen LogP contribution is -2.04. The molecule has 0 bridgehead atoms. The smallest absolute Gasteiger partial charge is 0.301 e. The zero-order chi connectivity index (χ0) is 15.3. The van der Waals surface area contributed by atoms with Gasteiger partial charge in [-0.3, -0.25) is 14.7 Å². The van der Waals surface area contributed by atoms with Crippen LogP contribution < -0.4 is 5.32 Å². The van der Waals surface area contributed by atoms with Crippen molar-refractivity contribution in [3.05, 3.63) is 40.1 Å². The molecule has 0 aromatic heterocycles. The topological polar surface area (TPSA) is 157 Å². The molecule has 9 nitrogen and oxygen atoms in total. The second kappa shape index (κ2) is 5.79. The highest BCUT2D eigenvalue weighted by atomic mass is 32.2. The van der Waals surface area contributed by atoms with Gasteiger partial charge in [-0.2, -0.15) is 18.9 Å². The normalized spacial score (nSPS) is 9.95. The maximum Gasteiger partial charge on any atom is 0.301 e. The minimum absolute atomic E-state index is 0.0760. The van der Waals surface area contributed by atoms with Gasteiger partial charge in [-0.15, -0.1) is 0 Å². The van der Waals surface area contributed by atoms with Crippen molar-refractivity contribution in [2.45, 2.75) is 4.90 Å². The van der Waals surface area contributed by atoms with Crippen LogP contribution in [0.4, 0.5) is 11.4 Å². The zero-order valence-electron chi connectivity index (χ0n) is 9.64. The van der Waals surface area contributed by atoms with Crippen LogP contribution in [0.15, 0.2) is 34.9 Å². The number of nitrogens with zero attached hydrogens (tertiary/aromatic N) is 3. The number of nitriles is 2. The molecule has 2 N–H and O–H groups in total. The summed E-state index contributed by atoms with van der Waals surface area (Å²) in [5, 5.41) is 30.2. The van der Waals surface area contributed by atoms with Crippen molar-refractivity contribution in [2.75, 3.05) is 5.32 Å². The Bertz CT molecular complexity index is 754. The summed E-state index contributed by atoms with van der Waals surface area (Å²) < 4.78 is 30.8. The number of hydrogen-bond donors (Lipinski definition) is 2. The monoisotopic (exact) mass is 294 g/mol. The van der Waals surface area contributed by atoms with Gasteiger partial charge in [0.15, 0.2) is 4.90 Å². The molecular weight excluding hydrogens is 288 g/mol. The Kier molecular flexibility index (Phi) is 4.38.